The quantitative estimate of drug-likeness (QED) is 0.676. The van der Waals surface area contributed by atoms with Crippen molar-refractivity contribution in [2.75, 3.05) is 26.2 Å². The molecular formula is C11H20N2O2. The Labute approximate surface area is 90.6 Å². The summed E-state index contributed by atoms with van der Waals surface area (Å²) < 4.78 is 0. The molecule has 0 aromatic carbocycles. The molecule has 4 heteroatoms. The Balaban J connectivity index is 1.85. The number of likely N-dealkylation sites (tertiary alicyclic amines) is 1. The maximum atomic E-state index is 12.0. The third-order valence-electron chi connectivity index (χ3n) is 3.46. The van der Waals surface area contributed by atoms with Gasteiger partial charge in [0.2, 0.25) is 5.91 Å². The maximum absolute atomic E-state index is 12.0. The highest BCUT2D eigenvalue weighted by Gasteiger charge is 2.30. The summed E-state index contributed by atoms with van der Waals surface area (Å²) in [6.07, 6.45) is 4.26. The summed E-state index contributed by atoms with van der Waals surface area (Å²) in [5.41, 5.74) is 0. The molecule has 0 aliphatic carbocycles. The predicted octanol–water partition coefficient (Wildman–Crippen LogP) is -0.0307. The van der Waals surface area contributed by atoms with Crippen LogP contribution in [0.25, 0.3) is 0 Å². The Kier molecular flexibility index (Phi) is 3.59. The van der Waals surface area contributed by atoms with Crippen LogP contribution < -0.4 is 5.32 Å². The average molecular weight is 212 g/mol. The second kappa shape index (κ2) is 4.94. The van der Waals surface area contributed by atoms with Gasteiger partial charge in [0.05, 0.1) is 6.04 Å². The highest BCUT2D eigenvalue weighted by molar-refractivity contribution is 5.82. The fourth-order valence-corrected chi connectivity index (χ4v) is 2.46. The molecule has 0 saturated carbocycles. The molecule has 0 bridgehead atoms. The lowest BCUT2D eigenvalue weighted by Crippen LogP contribution is -2.47. The van der Waals surface area contributed by atoms with Gasteiger partial charge in [0, 0.05) is 25.6 Å². The van der Waals surface area contributed by atoms with E-state index in [9.17, 15) is 4.79 Å². The highest BCUT2D eigenvalue weighted by atomic mass is 16.3. The standard InChI is InChI=1S/C11H20N2O2/c14-8-9-4-6-13(7-9)11(15)10-3-1-2-5-12-10/h9-10,12,14H,1-8H2. The summed E-state index contributed by atoms with van der Waals surface area (Å²) in [4.78, 5) is 14.0. The Morgan fingerprint density at radius 3 is 2.87 bits per heavy atom. The fourth-order valence-electron chi connectivity index (χ4n) is 2.46. The number of hydrogen-bond acceptors (Lipinski definition) is 3. The first-order valence-corrected chi connectivity index (χ1v) is 5.94. The first kappa shape index (κ1) is 10.9. The maximum Gasteiger partial charge on any atom is 0.239 e. The van der Waals surface area contributed by atoms with Crippen LogP contribution in [0.3, 0.4) is 0 Å². The van der Waals surface area contributed by atoms with Gasteiger partial charge >= 0.3 is 0 Å². The van der Waals surface area contributed by atoms with Crippen molar-refractivity contribution < 1.29 is 9.90 Å². The van der Waals surface area contributed by atoms with Crippen molar-refractivity contribution in [3.63, 3.8) is 0 Å². The van der Waals surface area contributed by atoms with Gasteiger partial charge in [0.15, 0.2) is 0 Å². The fraction of sp³-hybridized carbons (Fsp3) is 0.909. The first-order chi connectivity index (χ1) is 7.31. The van der Waals surface area contributed by atoms with Crippen molar-refractivity contribution in [1.29, 1.82) is 0 Å². The lowest BCUT2D eigenvalue weighted by Gasteiger charge is -2.27. The van der Waals surface area contributed by atoms with Crippen LogP contribution >= 0.6 is 0 Å². The Morgan fingerprint density at radius 2 is 2.27 bits per heavy atom. The number of nitrogens with one attached hydrogen (secondary N) is 1. The summed E-state index contributed by atoms with van der Waals surface area (Å²) in [5, 5.41) is 12.3. The summed E-state index contributed by atoms with van der Waals surface area (Å²) in [6, 6.07) is 0.0381. The second-order valence-electron chi connectivity index (χ2n) is 4.62. The van der Waals surface area contributed by atoms with E-state index in [1.54, 1.807) is 0 Å². The molecule has 2 fully saturated rings. The van der Waals surface area contributed by atoms with Crippen LogP contribution in [-0.4, -0.2) is 48.2 Å². The first-order valence-electron chi connectivity index (χ1n) is 5.94. The summed E-state index contributed by atoms with van der Waals surface area (Å²) >= 11 is 0. The lowest BCUT2D eigenvalue weighted by molar-refractivity contribution is -0.133. The summed E-state index contributed by atoms with van der Waals surface area (Å²) in [5.74, 6) is 0.545. The Hall–Kier alpha value is -0.610. The molecule has 0 radical (unpaired) electrons. The second-order valence-corrected chi connectivity index (χ2v) is 4.62. The number of carbonyl (C=O) groups is 1. The number of carbonyl (C=O) groups excluding carboxylic acids is 1. The Morgan fingerprint density at radius 1 is 1.40 bits per heavy atom. The zero-order valence-electron chi connectivity index (χ0n) is 9.11. The SMILES string of the molecule is O=C(C1CCCCN1)N1CCC(CO)C1. The molecule has 1 amide bonds. The minimum absolute atomic E-state index is 0.0381. The molecule has 4 nitrogen and oxygen atoms in total. The largest absolute Gasteiger partial charge is 0.396 e. The molecule has 86 valence electrons. The average Bonchev–Trinajstić information content (AvgIpc) is 2.78. The van der Waals surface area contributed by atoms with Gasteiger partial charge < -0.3 is 15.3 Å². The molecule has 0 aromatic heterocycles. The van der Waals surface area contributed by atoms with E-state index in [1.165, 1.54) is 6.42 Å². The van der Waals surface area contributed by atoms with Crippen molar-refractivity contribution in [2.45, 2.75) is 31.7 Å². The van der Waals surface area contributed by atoms with Gasteiger partial charge in [-0.1, -0.05) is 6.42 Å². The van der Waals surface area contributed by atoms with Crippen LogP contribution in [0.4, 0.5) is 0 Å². The van der Waals surface area contributed by atoms with E-state index >= 15 is 0 Å². The van der Waals surface area contributed by atoms with E-state index in [2.05, 4.69) is 5.32 Å². The number of piperidine rings is 1. The van der Waals surface area contributed by atoms with E-state index in [0.29, 0.717) is 5.92 Å². The van der Waals surface area contributed by atoms with Crippen molar-refractivity contribution >= 4 is 5.91 Å². The van der Waals surface area contributed by atoms with Crippen LogP contribution in [-0.2, 0) is 4.79 Å². The smallest absolute Gasteiger partial charge is 0.239 e. The number of aliphatic hydroxyl groups is 1. The number of nitrogens with zero attached hydrogens (tertiary/aromatic N) is 1. The van der Waals surface area contributed by atoms with Gasteiger partial charge in [-0.25, -0.2) is 0 Å². The van der Waals surface area contributed by atoms with Crippen molar-refractivity contribution in [2.24, 2.45) is 5.92 Å². The molecule has 2 unspecified atom stereocenters. The van der Waals surface area contributed by atoms with Gasteiger partial charge in [-0.15, -0.1) is 0 Å². The van der Waals surface area contributed by atoms with Crippen molar-refractivity contribution in [3.05, 3.63) is 0 Å². The van der Waals surface area contributed by atoms with Gasteiger partial charge in [-0.3, -0.25) is 4.79 Å². The molecule has 2 rings (SSSR count). The van der Waals surface area contributed by atoms with Crippen LogP contribution in [0, 0.1) is 5.92 Å². The number of amides is 1. The normalized spacial score (nSPS) is 31.9. The molecule has 2 N–H and O–H groups in total. The molecule has 2 heterocycles. The topological polar surface area (TPSA) is 52.6 Å². The van der Waals surface area contributed by atoms with E-state index in [-0.39, 0.29) is 18.6 Å². The molecular weight excluding hydrogens is 192 g/mol. The molecule has 2 saturated heterocycles. The third-order valence-corrected chi connectivity index (χ3v) is 3.46. The van der Waals surface area contributed by atoms with Crippen LogP contribution in [0.5, 0.6) is 0 Å². The van der Waals surface area contributed by atoms with Gasteiger partial charge in [-0.2, -0.15) is 0 Å². The molecule has 2 atom stereocenters. The highest BCUT2D eigenvalue weighted by Crippen LogP contribution is 2.18. The zero-order chi connectivity index (χ0) is 10.7. The predicted molar refractivity (Wildman–Crippen MR) is 57.4 cm³/mol. The zero-order valence-corrected chi connectivity index (χ0v) is 9.11. The molecule has 2 aliphatic rings. The molecule has 2 aliphatic heterocycles. The van der Waals surface area contributed by atoms with Crippen molar-refractivity contribution in [3.8, 4) is 0 Å². The van der Waals surface area contributed by atoms with Crippen LogP contribution in [0.1, 0.15) is 25.7 Å². The van der Waals surface area contributed by atoms with Crippen LogP contribution in [0.2, 0.25) is 0 Å². The molecule has 0 aromatic rings. The number of rotatable bonds is 2. The van der Waals surface area contributed by atoms with Gasteiger partial charge in [0.1, 0.15) is 0 Å². The Bertz CT molecular complexity index is 227. The summed E-state index contributed by atoms with van der Waals surface area (Å²) in [7, 11) is 0. The van der Waals surface area contributed by atoms with Crippen molar-refractivity contribution in [1.82, 2.24) is 10.2 Å². The monoisotopic (exact) mass is 212 g/mol. The lowest BCUT2D eigenvalue weighted by atomic mass is 10.0. The third kappa shape index (κ3) is 2.49. The molecule has 0 spiro atoms. The molecule has 15 heavy (non-hydrogen) atoms. The number of aliphatic hydroxyl groups excluding tert-OH is 1. The van der Waals surface area contributed by atoms with Crippen LogP contribution in [0.15, 0.2) is 0 Å². The van der Waals surface area contributed by atoms with E-state index in [1.807, 2.05) is 4.90 Å². The van der Waals surface area contributed by atoms with E-state index < -0.39 is 0 Å². The van der Waals surface area contributed by atoms with E-state index in [4.69, 9.17) is 5.11 Å². The minimum atomic E-state index is 0.0381. The number of hydrogen-bond donors (Lipinski definition) is 2. The minimum Gasteiger partial charge on any atom is -0.396 e. The van der Waals surface area contributed by atoms with E-state index in [0.717, 1.165) is 38.9 Å². The van der Waals surface area contributed by atoms with Gasteiger partial charge in [-0.05, 0) is 25.8 Å². The van der Waals surface area contributed by atoms with Gasteiger partial charge in [0.25, 0.3) is 0 Å². The summed E-state index contributed by atoms with van der Waals surface area (Å²) in [6.45, 7) is 2.74.